The summed E-state index contributed by atoms with van der Waals surface area (Å²) >= 11 is 6.32. The van der Waals surface area contributed by atoms with Crippen LogP contribution in [0.5, 0.6) is 0 Å². The normalized spacial score (nSPS) is 24.9. The molecule has 1 aliphatic rings. The molecule has 2 nitrogen and oxygen atoms in total. The minimum Gasteiger partial charge on any atom is -0.466 e. The Morgan fingerprint density at radius 1 is 1.37 bits per heavy atom. The molecule has 0 bridgehead atoms. The Morgan fingerprint density at radius 3 is 2.58 bits per heavy atom. The van der Waals surface area contributed by atoms with Crippen LogP contribution in [0.1, 0.15) is 26.3 Å². The van der Waals surface area contributed by atoms with E-state index >= 15 is 0 Å². The Kier molecular flexibility index (Phi) is 4.00. The highest BCUT2D eigenvalue weighted by molar-refractivity contribution is 6.48. The van der Waals surface area contributed by atoms with Crippen molar-refractivity contribution >= 4 is 22.6 Å². The van der Waals surface area contributed by atoms with Gasteiger partial charge in [-0.3, -0.25) is 4.79 Å². The molecule has 0 spiro atoms. The van der Waals surface area contributed by atoms with E-state index in [-0.39, 0.29) is 23.2 Å². The standard InChI is InChI=1S/C16H19ClO2/c1-4-19-15(18)14-12(16(14,2)3)10-13(17)11-8-6-5-7-9-11/h5-10,12,14H,4H2,1-3H3/b13-10-/t12-,14-/m1/s1. The van der Waals surface area contributed by atoms with E-state index in [2.05, 4.69) is 13.8 Å². The average molecular weight is 279 g/mol. The number of carbonyl (C=O) groups is 1. The molecule has 3 heteroatoms. The molecule has 0 radical (unpaired) electrons. The van der Waals surface area contributed by atoms with Gasteiger partial charge in [-0.25, -0.2) is 0 Å². The highest BCUT2D eigenvalue weighted by Gasteiger charge is 2.61. The summed E-state index contributed by atoms with van der Waals surface area (Å²) in [5, 5.41) is 0.700. The summed E-state index contributed by atoms with van der Waals surface area (Å²) in [5.41, 5.74) is 0.913. The lowest BCUT2D eigenvalue weighted by Gasteiger charge is -2.01. The maximum Gasteiger partial charge on any atom is 0.310 e. The van der Waals surface area contributed by atoms with Crippen LogP contribution in [0.2, 0.25) is 0 Å². The summed E-state index contributed by atoms with van der Waals surface area (Å²) in [4.78, 5) is 11.9. The van der Waals surface area contributed by atoms with Crippen LogP contribution in [0.25, 0.3) is 5.03 Å². The Balaban J connectivity index is 2.14. The highest BCUT2D eigenvalue weighted by Crippen LogP contribution is 2.60. The highest BCUT2D eigenvalue weighted by atomic mass is 35.5. The summed E-state index contributed by atoms with van der Waals surface area (Å²) in [5.74, 6) is -0.0459. The molecular formula is C16H19ClO2. The van der Waals surface area contributed by atoms with Crippen LogP contribution in [-0.2, 0) is 9.53 Å². The number of hydrogen-bond donors (Lipinski definition) is 0. The summed E-state index contributed by atoms with van der Waals surface area (Å²) in [6, 6.07) is 9.79. The van der Waals surface area contributed by atoms with Gasteiger partial charge < -0.3 is 4.74 Å². The quantitative estimate of drug-likeness (QED) is 0.775. The number of allylic oxidation sites excluding steroid dienone is 1. The topological polar surface area (TPSA) is 26.3 Å². The van der Waals surface area contributed by atoms with Crippen molar-refractivity contribution in [2.24, 2.45) is 17.3 Å². The van der Waals surface area contributed by atoms with Crippen LogP contribution < -0.4 is 0 Å². The zero-order valence-corrected chi connectivity index (χ0v) is 12.3. The van der Waals surface area contributed by atoms with Crippen molar-refractivity contribution in [1.29, 1.82) is 0 Å². The fourth-order valence-electron chi connectivity index (χ4n) is 2.52. The van der Waals surface area contributed by atoms with E-state index < -0.39 is 0 Å². The fourth-order valence-corrected chi connectivity index (χ4v) is 2.78. The molecule has 0 aromatic heterocycles. The third kappa shape index (κ3) is 2.84. The SMILES string of the molecule is CCOC(=O)[C@H]1[C@@H](/C=C(\Cl)c2ccccc2)C1(C)C. The molecule has 1 fully saturated rings. The van der Waals surface area contributed by atoms with Crippen LogP contribution >= 0.6 is 11.6 Å². The van der Waals surface area contributed by atoms with E-state index in [9.17, 15) is 4.79 Å². The van der Waals surface area contributed by atoms with Crippen molar-refractivity contribution in [2.75, 3.05) is 6.61 Å². The van der Waals surface area contributed by atoms with Crippen LogP contribution in [0, 0.1) is 17.3 Å². The minimum atomic E-state index is -0.119. The molecule has 0 unspecified atom stereocenters. The van der Waals surface area contributed by atoms with Gasteiger partial charge in [0.25, 0.3) is 0 Å². The predicted molar refractivity (Wildman–Crippen MR) is 77.7 cm³/mol. The molecule has 1 aromatic carbocycles. The molecule has 2 atom stereocenters. The number of rotatable bonds is 4. The molecule has 0 N–H and O–H groups in total. The van der Waals surface area contributed by atoms with Gasteiger partial charge in [0.2, 0.25) is 0 Å². The largest absolute Gasteiger partial charge is 0.466 e. The van der Waals surface area contributed by atoms with Crippen LogP contribution in [-0.4, -0.2) is 12.6 Å². The first-order valence-corrected chi connectivity index (χ1v) is 6.95. The van der Waals surface area contributed by atoms with E-state index in [1.165, 1.54) is 0 Å². The van der Waals surface area contributed by atoms with E-state index in [0.29, 0.717) is 11.6 Å². The summed E-state index contributed by atoms with van der Waals surface area (Å²) in [7, 11) is 0. The summed E-state index contributed by atoms with van der Waals surface area (Å²) in [6.45, 7) is 6.40. The van der Waals surface area contributed by atoms with Crippen molar-refractivity contribution in [3.8, 4) is 0 Å². The van der Waals surface area contributed by atoms with Crippen molar-refractivity contribution in [3.63, 3.8) is 0 Å². The first-order chi connectivity index (χ1) is 8.98. The fraction of sp³-hybridized carbons (Fsp3) is 0.438. The van der Waals surface area contributed by atoms with Gasteiger partial charge in [-0.05, 0) is 23.8 Å². The molecule has 1 aromatic rings. The zero-order valence-electron chi connectivity index (χ0n) is 11.5. The van der Waals surface area contributed by atoms with Gasteiger partial charge in [0.1, 0.15) is 0 Å². The Bertz CT molecular complexity index is 491. The van der Waals surface area contributed by atoms with Gasteiger partial charge in [0, 0.05) is 5.03 Å². The first-order valence-electron chi connectivity index (χ1n) is 6.58. The first kappa shape index (κ1) is 14.1. The molecule has 19 heavy (non-hydrogen) atoms. The molecule has 2 rings (SSSR count). The lowest BCUT2D eigenvalue weighted by atomic mass is 10.1. The molecule has 0 saturated heterocycles. The Morgan fingerprint density at radius 2 is 2.00 bits per heavy atom. The number of hydrogen-bond acceptors (Lipinski definition) is 2. The maximum absolute atomic E-state index is 11.9. The second-order valence-corrected chi connectivity index (χ2v) is 5.86. The van der Waals surface area contributed by atoms with Gasteiger partial charge >= 0.3 is 5.97 Å². The predicted octanol–water partition coefficient (Wildman–Crippen LogP) is 4.10. The third-order valence-corrected chi connectivity index (χ3v) is 4.17. The smallest absolute Gasteiger partial charge is 0.310 e. The van der Waals surface area contributed by atoms with Crippen LogP contribution in [0.4, 0.5) is 0 Å². The molecular weight excluding hydrogens is 260 g/mol. The van der Waals surface area contributed by atoms with Gasteiger partial charge in [-0.1, -0.05) is 61.9 Å². The van der Waals surface area contributed by atoms with Crippen molar-refractivity contribution < 1.29 is 9.53 Å². The van der Waals surface area contributed by atoms with E-state index in [0.717, 1.165) is 5.56 Å². The zero-order chi connectivity index (χ0) is 14.0. The number of ether oxygens (including phenoxy) is 1. The Labute approximate surface area is 119 Å². The molecule has 0 heterocycles. The summed E-state index contributed by atoms with van der Waals surface area (Å²) in [6.07, 6.45) is 1.98. The third-order valence-electron chi connectivity index (χ3n) is 3.83. The molecule has 0 aliphatic heterocycles. The van der Waals surface area contributed by atoms with Gasteiger partial charge in [0.15, 0.2) is 0 Å². The second kappa shape index (κ2) is 5.38. The lowest BCUT2D eigenvalue weighted by Crippen LogP contribution is -2.10. The lowest BCUT2D eigenvalue weighted by molar-refractivity contribution is -0.145. The van der Waals surface area contributed by atoms with Crippen molar-refractivity contribution in [2.45, 2.75) is 20.8 Å². The van der Waals surface area contributed by atoms with Crippen LogP contribution in [0.3, 0.4) is 0 Å². The number of benzene rings is 1. The second-order valence-electron chi connectivity index (χ2n) is 5.46. The summed E-state index contributed by atoms with van der Waals surface area (Å²) < 4.78 is 5.11. The van der Waals surface area contributed by atoms with E-state index in [1.54, 1.807) is 0 Å². The number of esters is 1. The average Bonchev–Trinajstić information content (AvgIpc) is 2.92. The molecule has 1 saturated carbocycles. The number of carbonyl (C=O) groups excluding carboxylic acids is 1. The number of halogens is 1. The minimum absolute atomic E-state index is 0.0683. The molecule has 0 amide bonds. The van der Waals surface area contributed by atoms with Crippen molar-refractivity contribution in [1.82, 2.24) is 0 Å². The van der Waals surface area contributed by atoms with Gasteiger partial charge in [-0.15, -0.1) is 0 Å². The van der Waals surface area contributed by atoms with Gasteiger partial charge in [-0.2, -0.15) is 0 Å². The van der Waals surface area contributed by atoms with Gasteiger partial charge in [0.05, 0.1) is 12.5 Å². The molecule has 102 valence electrons. The van der Waals surface area contributed by atoms with Crippen molar-refractivity contribution in [3.05, 3.63) is 42.0 Å². The Hall–Kier alpha value is -1.28. The van der Waals surface area contributed by atoms with Crippen LogP contribution in [0.15, 0.2) is 36.4 Å². The van der Waals surface area contributed by atoms with E-state index in [4.69, 9.17) is 16.3 Å². The molecule has 1 aliphatic carbocycles. The monoisotopic (exact) mass is 278 g/mol. The van der Waals surface area contributed by atoms with E-state index in [1.807, 2.05) is 43.3 Å². The maximum atomic E-state index is 11.9.